The van der Waals surface area contributed by atoms with Gasteiger partial charge in [-0.2, -0.15) is 5.26 Å². The zero-order valence-electron chi connectivity index (χ0n) is 13.7. The van der Waals surface area contributed by atoms with Gasteiger partial charge < -0.3 is 9.30 Å². The lowest BCUT2D eigenvalue weighted by molar-refractivity contribution is 0.414. The molecule has 3 nitrogen and oxygen atoms in total. The molecule has 0 radical (unpaired) electrons. The van der Waals surface area contributed by atoms with Crippen molar-refractivity contribution < 1.29 is 4.74 Å². The van der Waals surface area contributed by atoms with Crippen LogP contribution in [0.25, 0.3) is 17.3 Å². The molecule has 1 aromatic heterocycles. The third-order valence-electron chi connectivity index (χ3n) is 3.91. The SMILES string of the molecule is COc1ccc(-n2cccc2/C=C(/C#N)c2ccc(C)cc2)cc1. The Hall–Kier alpha value is -3.25. The Bertz CT molecular complexity index is 894. The largest absolute Gasteiger partial charge is 0.497 e. The molecule has 3 rings (SSSR count). The topological polar surface area (TPSA) is 38.0 Å². The van der Waals surface area contributed by atoms with Gasteiger partial charge in [0, 0.05) is 17.6 Å². The van der Waals surface area contributed by atoms with Crippen LogP contribution in [0.1, 0.15) is 16.8 Å². The monoisotopic (exact) mass is 314 g/mol. The van der Waals surface area contributed by atoms with Gasteiger partial charge in [-0.1, -0.05) is 29.8 Å². The van der Waals surface area contributed by atoms with Crippen molar-refractivity contribution in [2.75, 3.05) is 7.11 Å². The van der Waals surface area contributed by atoms with E-state index in [4.69, 9.17) is 4.74 Å². The van der Waals surface area contributed by atoms with E-state index in [1.165, 1.54) is 5.56 Å². The zero-order chi connectivity index (χ0) is 16.9. The highest BCUT2D eigenvalue weighted by molar-refractivity contribution is 5.89. The summed E-state index contributed by atoms with van der Waals surface area (Å²) < 4.78 is 7.25. The average Bonchev–Trinajstić information content (AvgIpc) is 3.09. The maximum atomic E-state index is 9.53. The van der Waals surface area contributed by atoms with Crippen LogP contribution in [0.5, 0.6) is 5.75 Å². The van der Waals surface area contributed by atoms with Crippen molar-refractivity contribution in [3.05, 3.63) is 83.7 Å². The maximum absolute atomic E-state index is 9.53. The highest BCUT2D eigenvalue weighted by atomic mass is 16.5. The Morgan fingerprint density at radius 2 is 1.75 bits per heavy atom. The van der Waals surface area contributed by atoms with Gasteiger partial charge in [-0.05, 0) is 55.0 Å². The van der Waals surface area contributed by atoms with E-state index in [1.54, 1.807) is 7.11 Å². The van der Waals surface area contributed by atoms with E-state index in [9.17, 15) is 5.26 Å². The normalized spacial score (nSPS) is 11.1. The highest BCUT2D eigenvalue weighted by Gasteiger charge is 2.05. The lowest BCUT2D eigenvalue weighted by Gasteiger charge is -2.08. The second kappa shape index (κ2) is 6.89. The van der Waals surface area contributed by atoms with E-state index < -0.39 is 0 Å². The van der Waals surface area contributed by atoms with E-state index in [0.717, 1.165) is 22.7 Å². The van der Waals surface area contributed by atoms with E-state index in [-0.39, 0.29) is 0 Å². The van der Waals surface area contributed by atoms with Crippen LogP contribution < -0.4 is 4.74 Å². The maximum Gasteiger partial charge on any atom is 0.119 e. The smallest absolute Gasteiger partial charge is 0.119 e. The molecule has 0 atom stereocenters. The number of nitriles is 1. The summed E-state index contributed by atoms with van der Waals surface area (Å²) >= 11 is 0. The summed E-state index contributed by atoms with van der Waals surface area (Å²) in [6.07, 6.45) is 3.90. The van der Waals surface area contributed by atoms with E-state index >= 15 is 0 Å². The predicted molar refractivity (Wildman–Crippen MR) is 97.0 cm³/mol. The van der Waals surface area contributed by atoms with Crippen LogP contribution in [0.3, 0.4) is 0 Å². The summed E-state index contributed by atoms with van der Waals surface area (Å²) in [7, 11) is 1.65. The van der Waals surface area contributed by atoms with Gasteiger partial charge in [0.1, 0.15) is 5.75 Å². The molecule has 0 N–H and O–H groups in total. The second-order valence-corrected chi connectivity index (χ2v) is 5.54. The van der Waals surface area contributed by atoms with Gasteiger partial charge in [0.05, 0.1) is 18.8 Å². The third-order valence-corrected chi connectivity index (χ3v) is 3.91. The lowest BCUT2D eigenvalue weighted by atomic mass is 10.0. The summed E-state index contributed by atoms with van der Waals surface area (Å²) in [4.78, 5) is 0. The molecule has 3 heteroatoms. The molecule has 0 unspecified atom stereocenters. The summed E-state index contributed by atoms with van der Waals surface area (Å²) in [6.45, 7) is 2.04. The van der Waals surface area contributed by atoms with Gasteiger partial charge in [-0.15, -0.1) is 0 Å². The minimum atomic E-state index is 0.642. The molecule has 0 aliphatic heterocycles. The molecule has 0 fully saturated rings. The van der Waals surface area contributed by atoms with Crippen LogP contribution >= 0.6 is 0 Å². The number of hydrogen-bond donors (Lipinski definition) is 0. The van der Waals surface area contributed by atoms with Crippen molar-refractivity contribution in [1.82, 2.24) is 4.57 Å². The number of ether oxygens (including phenoxy) is 1. The number of allylic oxidation sites excluding steroid dienone is 1. The van der Waals surface area contributed by atoms with Gasteiger partial charge >= 0.3 is 0 Å². The van der Waals surface area contributed by atoms with Gasteiger partial charge in [0.2, 0.25) is 0 Å². The fourth-order valence-electron chi connectivity index (χ4n) is 2.55. The van der Waals surface area contributed by atoms with Crippen molar-refractivity contribution in [2.24, 2.45) is 0 Å². The van der Waals surface area contributed by atoms with Crippen molar-refractivity contribution >= 4 is 11.6 Å². The predicted octanol–water partition coefficient (Wildman–Crippen LogP) is 4.86. The Kier molecular flexibility index (Phi) is 4.49. The summed E-state index contributed by atoms with van der Waals surface area (Å²) in [5.41, 5.74) is 4.72. The van der Waals surface area contributed by atoms with Crippen molar-refractivity contribution in [3.8, 4) is 17.5 Å². The minimum absolute atomic E-state index is 0.642. The molecule has 0 amide bonds. The van der Waals surface area contributed by atoms with Crippen LogP contribution in [0.2, 0.25) is 0 Å². The van der Waals surface area contributed by atoms with Crippen LogP contribution in [0.15, 0.2) is 66.9 Å². The molecule has 0 saturated heterocycles. The zero-order valence-corrected chi connectivity index (χ0v) is 13.7. The van der Waals surface area contributed by atoms with E-state index in [0.29, 0.717) is 5.57 Å². The fourth-order valence-corrected chi connectivity index (χ4v) is 2.55. The van der Waals surface area contributed by atoms with Gasteiger partial charge in [0.15, 0.2) is 0 Å². The molecule has 0 bridgehead atoms. The molecular weight excluding hydrogens is 296 g/mol. The quantitative estimate of drug-likeness (QED) is 0.645. The van der Waals surface area contributed by atoms with Crippen molar-refractivity contribution in [2.45, 2.75) is 6.92 Å². The first kappa shape index (κ1) is 15.6. The lowest BCUT2D eigenvalue weighted by Crippen LogP contribution is -1.95. The van der Waals surface area contributed by atoms with Crippen molar-refractivity contribution in [1.29, 1.82) is 5.26 Å². The molecule has 2 aromatic carbocycles. The Labute approximate surface area is 142 Å². The highest BCUT2D eigenvalue weighted by Crippen LogP contribution is 2.22. The number of methoxy groups -OCH3 is 1. The summed E-state index contributed by atoms with van der Waals surface area (Å²) in [5, 5.41) is 9.53. The molecule has 0 aliphatic carbocycles. The molecular formula is C21H18N2O. The fraction of sp³-hybridized carbons (Fsp3) is 0.0952. The molecule has 3 aromatic rings. The average molecular weight is 314 g/mol. The number of rotatable bonds is 4. The van der Waals surface area contributed by atoms with Gasteiger partial charge in [-0.3, -0.25) is 0 Å². The number of benzene rings is 2. The molecule has 0 aliphatic rings. The van der Waals surface area contributed by atoms with Crippen LogP contribution in [-0.2, 0) is 0 Å². The molecule has 1 heterocycles. The van der Waals surface area contributed by atoms with Gasteiger partial charge in [0.25, 0.3) is 0 Å². The molecule has 0 spiro atoms. The first-order chi connectivity index (χ1) is 11.7. The number of aromatic nitrogens is 1. The van der Waals surface area contributed by atoms with Crippen LogP contribution in [0.4, 0.5) is 0 Å². The Morgan fingerprint density at radius 3 is 2.38 bits per heavy atom. The number of aryl methyl sites for hydroxylation is 1. The van der Waals surface area contributed by atoms with E-state index in [2.05, 4.69) is 6.07 Å². The van der Waals surface area contributed by atoms with Crippen molar-refractivity contribution in [3.63, 3.8) is 0 Å². The van der Waals surface area contributed by atoms with Crippen LogP contribution in [0, 0.1) is 18.3 Å². The molecule has 118 valence electrons. The summed E-state index contributed by atoms with van der Waals surface area (Å²) in [6, 6.07) is 22.1. The van der Waals surface area contributed by atoms with Gasteiger partial charge in [-0.25, -0.2) is 0 Å². The summed E-state index contributed by atoms with van der Waals surface area (Å²) in [5.74, 6) is 0.820. The minimum Gasteiger partial charge on any atom is -0.497 e. The third kappa shape index (κ3) is 3.23. The molecule has 24 heavy (non-hydrogen) atoms. The standard InChI is InChI=1S/C21H18N2O/c1-16-5-7-17(8-6-16)18(15-22)14-20-4-3-13-23(20)19-9-11-21(24-2)12-10-19/h3-14H,1-2H3/b18-14-. The first-order valence-corrected chi connectivity index (χ1v) is 7.72. The molecule has 0 saturated carbocycles. The number of nitrogens with zero attached hydrogens (tertiary/aromatic N) is 2. The second-order valence-electron chi connectivity index (χ2n) is 5.54. The Balaban J connectivity index is 1.99. The number of hydrogen-bond acceptors (Lipinski definition) is 2. The van der Waals surface area contributed by atoms with Crippen LogP contribution in [-0.4, -0.2) is 11.7 Å². The Morgan fingerprint density at radius 1 is 1.04 bits per heavy atom. The first-order valence-electron chi connectivity index (χ1n) is 7.72. The van der Waals surface area contributed by atoms with E-state index in [1.807, 2.05) is 84.4 Å².